The van der Waals surface area contributed by atoms with Gasteiger partial charge in [0.15, 0.2) is 0 Å². The fourth-order valence-corrected chi connectivity index (χ4v) is 3.57. The number of hydrogen-bond donors (Lipinski definition) is 1. The molecule has 0 aliphatic heterocycles. The fraction of sp³-hybridized carbons (Fsp3) is 0.200. The summed E-state index contributed by atoms with van der Waals surface area (Å²) in [4.78, 5) is 0.236. The van der Waals surface area contributed by atoms with Gasteiger partial charge in [0.2, 0.25) is 0 Å². The smallest absolute Gasteiger partial charge is 0.262 e. The molecule has 0 amide bonds. The number of halogens is 1. The molecule has 6 heteroatoms. The van der Waals surface area contributed by atoms with Gasteiger partial charge in [0, 0.05) is 10.2 Å². The summed E-state index contributed by atoms with van der Waals surface area (Å²) in [7, 11) is -2.08. The third kappa shape index (κ3) is 3.57. The molecule has 0 aromatic heterocycles. The quantitative estimate of drug-likeness (QED) is 0.889. The van der Waals surface area contributed by atoms with Crippen LogP contribution in [0.2, 0.25) is 0 Å². The largest absolute Gasteiger partial charge is 0.497 e. The van der Waals surface area contributed by atoms with Crippen molar-refractivity contribution >= 4 is 31.6 Å². The third-order valence-electron chi connectivity index (χ3n) is 3.10. The highest BCUT2D eigenvalue weighted by Gasteiger charge is 2.17. The SMILES string of the molecule is COc1ccc(S(=O)(=O)Nc2ccc(C)c(Br)c2)c(C)c1. The van der Waals surface area contributed by atoms with Gasteiger partial charge < -0.3 is 4.74 Å². The van der Waals surface area contributed by atoms with Gasteiger partial charge in [0.1, 0.15) is 5.75 Å². The molecule has 2 aromatic rings. The molecule has 2 rings (SSSR count). The van der Waals surface area contributed by atoms with Gasteiger partial charge in [0.05, 0.1) is 12.0 Å². The van der Waals surface area contributed by atoms with Crippen molar-refractivity contribution in [3.8, 4) is 5.75 Å². The van der Waals surface area contributed by atoms with Crippen molar-refractivity contribution in [1.82, 2.24) is 0 Å². The minimum Gasteiger partial charge on any atom is -0.497 e. The van der Waals surface area contributed by atoms with E-state index in [1.807, 2.05) is 13.0 Å². The van der Waals surface area contributed by atoms with Crippen LogP contribution >= 0.6 is 15.9 Å². The maximum atomic E-state index is 12.5. The van der Waals surface area contributed by atoms with E-state index in [4.69, 9.17) is 4.74 Å². The molecule has 0 spiro atoms. The Morgan fingerprint density at radius 3 is 2.33 bits per heavy atom. The monoisotopic (exact) mass is 369 g/mol. The standard InChI is InChI=1S/C15H16BrNO3S/c1-10-4-5-12(9-14(10)16)17-21(18,19)15-7-6-13(20-3)8-11(15)2/h4-9,17H,1-3H3. The highest BCUT2D eigenvalue weighted by Crippen LogP contribution is 2.25. The molecule has 0 aliphatic carbocycles. The molecule has 0 radical (unpaired) electrons. The normalized spacial score (nSPS) is 11.2. The second kappa shape index (κ2) is 6.07. The van der Waals surface area contributed by atoms with Crippen LogP contribution in [0.4, 0.5) is 5.69 Å². The highest BCUT2D eigenvalue weighted by molar-refractivity contribution is 9.10. The first-order valence-electron chi connectivity index (χ1n) is 6.27. The lowest BCUT2D eigenvalue weighted by Crippen LogP contribution is -2.14. The molecular formula is C15H16BrNO3S. The van der Waals surface area contributed by atoms with Gasteiger partial charge in [0.25, 0.3) is 10.0 Å². The number of ether oxygens (including phenoxy) is 1. The first-order valence-corrected chi connectivity index (χ1v) is 8.55. The summed E-state index contributed by atoms with van der Waals surface area (Å²) in [6, 6.07) is 10.2. The topological polar surface area (TPSA) is 55.4 Å². The number of rotatable bonds is 4. The van der Waals surface area contributed by atoms with E-state index in [-0.39, 0.29) is 4.90 Å². The number of hydrogen-bond acceptors (Lipinski definition) is 3. The zero-order chi connectivity index (χ0) is 15.6. The Hall–Kier alpha value is -1.53. The molecule has 0 bridgehead atoms. The van der Waals surface area contributed by atoms with Crippen molar-refractivity contribution in [3.05, 3.63) is 52.0 Å². The Balaban J connectivity index is 2.36. The molecule has 21 heavy (non-hydrogen) atoms. The maximum absolute atomic E-state index is 12.5. The Morgan fingerprint density at radius 2 is 1.76 bits per heavy atom. The van der Waals surface area contributed by atoms with Crippen molar-refractivity contribution in [1.29, 1.82) is 0 Å². The summed E-state index contributed by atoms with van der Waals surface area (Å²) in [5.41, 5.74) is 2.19. The lowest BCUT2D eigenvalue weighted by molar-refractivity contribution is 0.414. The van der Waals surface area contributed by atoms with Crippen molar-refractivity contribution in [2.75, 3.05) is 11.8 Å². The van der Waals surface area contributed by atoms with Crippen molar-refractivity contribution < 1.29 is 13.2 Å². The second-order valence-electron chi connectivity index (χ2n) is 4.70. The highest BCUT2D eigenvalue weighted by atomic mass is 79.9. The lowest BCUT2D eigenvalue weighted by atomic mass is 10.2. The molecule has 0 fully saturated rings. The van der Waals surface area contributed by atoms with Crippen LogP contribution in [0.15, 0.2) is 45.8 Å². The summed E-state index contributed by atoms with van der Waals surface area (Å²) in [5, 5.41) is 0. The molecular weight excluding hydrogens is 354 g/mol. The Morgan fingerprint density at radius 1 is 1.05 bits per heavy atom. The number of benzene rings is 2. The summed E-state index contributed by atoms with van der Waals surface area (Å²) >= 11 is 3.39. The first-order chi connectivity index (χ1) is 9.83. The van der Waals surface area contributed by atoms with E-state index in [1.165, 1.54) is 0 Å². The number of nitrogens with one attached hydrogen (secondary N) is 1. The summed E-state index contributed by atoms with van der Waals surface area (Å²) in [6.45, 7) is 3.68. The van der Waals surface area contributed by atoms with Crippen LogP contribution in [-0.2, 0) is 10.0 Å². The van der Waals surface area contributed by atoms with Crippen LogP contribution in [0.5, 0.6) is 5.75 Å². The van der Waals surface area contributed by atoms with Crippen molar-refractivity contribution in [3.63, 3.8) is 0 Å². The zero-order valence-corrected chi connectivity index (χ0v) is 14.4. The van der Waals surface area contributed by atoms with E-state index >= 15 is 0 Å². The summed E-state index contributed by atoms with van der Waals surface area (Å²) in [5.74, 6) is 0.629. The molecule has 0 heterocycles. The molecule has 0 saturated heterocycles. The molecule has 0 atom stereocenters. The minimum absolute atomic E-state index is 0.236. The van der Waals surface area contributed by atoms with E-state index in [9.17, 15) is 8.42 Å². The predicted octanol–water partition coefficient (Wildman–Crippen LogP) is 3.88. The second-order valence-corrected chi connectivity index (χ2v) is 7.21. The molecule has 1 N–H and O–H groups in total. The predicted molar refractivity (Wildman–Crippen MR) is 87.4 cm³/mol. The van der Waals surface area contributed by atoms with E-state index in [1.54, 1.807) is 44.4 Å². The average Bonchev–Trinajstić information content (AvgIpc) is 2.42. The lowest BCUT2D eigenvalue weighted by Gasteiger charge is -2.12. The van der Waals surface area contributed by atoms with Gasteiger partial charge in [-0.05, 0) is 55.3 Å². The molecule has 0 unspecified atom stereocenters. The number of anilines is 1. The van der Waals surface area contributed by atoms with Crippen LogP contribution in [0.1, 0.15) is 11.1 Å². The Kier molecular flexibility index (Phi) is 4.58. The van der Waals surface area contributed by atoms with Gasteiger partial charge in [-0.25, -0.2) is 8.42 Å². The third-order valence-corrected chi connectivity index (χ3v) is 5.49. The fourth-order valence-electron chi connectivity index (χ4n) is 1.92. The molecule has 2 aromatic carbocycles. The van der Waals surface area contributed by atoms with E-state index < -0.39 is 10.0 Å². The summed E-state index contributed by atoms with van der Waals surface area (Å²) in [6.07, 6.45) is 0. The van der Waals surface area contributed by atoms with Gasteiger partial charge >= 0.3 is 0 Å². The van der Waals surface area contributed by atoms with E-state index in [0.29, 0.717) is 17.0 Å². The minimum atomic E-state index is -3.62. The van der Waals surface area contributed by atoms with Crippen LogP contribution < -0.4 is 9.46 Å². The van der Waals surface area contributed by atoms with Crippen LogP contribution in [-0.4, -0.2) is 15.5 Å². The van der Waals surface area contributed by atoms with Crippen molar-refractivity contribution in [2.45, 2.75) is 18.7 Å². The average molecular weight is 370 g/mol. The molecule has 112 valence electrons. The van der Waals surface area contributed by atoms with Crippen LogP contribution in [0, 0.1) is 13.8 Å². The summed E-state index contributed by atoms with van der Waals surface area (Å²) < 4.78 is 33.4. The van der Waals surface area contributed by atoms with Crippen molar-refractivity contribution in [2.24, 2.45) is 0 Å². The Bertz CT molecular complexity index is 772. The first kappa shape index (κ1) is 15.9. The molecule has 0 saturated carbocycles. The van der Waals surface area contributed by atoms with Gasteiger partial charge in [-0.15, -0.1) is 0 Å². The number of aryl methyl sites for hydroxylation is 2. The number of sulfonamides is 1. The maximum Gasteiger partial charge on any atom is 0.262 e. The van der Waals surface area contributed by atoms with E-state index in [2.05, 4.69) is 20.7 Å². The molecule has 0 aliphatic rings. The zero-order valence-electron chi connectivity index (χ0n) is 12.0. The van der Waals surface area contributed by atoms with E-state index in [0.717, 1.165) is 10.0 Å². The van der Waals surface area contributed by atoms with Gasteiger partial charge in [-0.2, -0.15) is 0 Å². The Labute approximate surface area is 133 Å². The van der Waals surface area contributed by atoms with Gasteiger partial charge in [-0.3, -0.25) is 4.72 Å². The molecule has 4 nitrogen and oxygen atoms in total. The van der Waals surface area contributed by atoms with Crippen LogP contribution in [0.25, 0.3) is 0 Å². The number of methoxy groups -OCH3 is 1. The van der Waals surface area contributed by atoms with Gasteiger partial charge in [-0.1, -0.05) is 22.0 Å². The van der Waals surface area contributed by atoms with Crippen LogP contribution in [0.3, 0.4) is 0 Å².